The molecule has 18 heteroatoms. The number of aromatic nitrogens is 2. The minimum Gasteiger partial charge on any atom is -0.495 e. The van der Waals surface area contributed by atoms with Crippen molar-refractivity contribution in [3.8, 4) is 11.5 Å². The number of aryl methyl sites for hydroxylation is 1. The lowest BCUT2D eigenvalue weighted by Gasteiger charge is -2.43. The number of hydrogen-bond donors (Lipinski definition) is 3. The molecule has 5 aliphatic rings. The Hall–Kier alpha value is -6.01. The number of fused-ring (bicyclic) bond motifs is 1. The zero-order chi connectivity index (χ0) is 43.5. The lowest BCUT2D eigenvalue weighted by Crippen LogP contribution is -2.55. The molecule has 18 nitrogen and oxygen atoms in total. The van der Waals surface area contributed by atoms with E-state index in [2.05, 4.69) is 25.4 Å². The second-order valence-corrected chi connectivity index (χ2v) is 16.5. The van der Waals surface area contributed by atoms with Crippen molar-refractivity contribution in [3.05, 3.63) is 58.9 Å². The Kier molecular flexibility index (Phi) is 12.8. The first kappa shape index (κ1) is 42.7. The van der Waals surface area contributed by atoms with Crippen molar-refractivity contribution in [2.24, 2.45) is 5.73 Å². The third kappa shape index (κ3) is 8.84. The summed E-state index contributed by atoms with van der Waals surface area (Å²) in [4.78, 5) is 82.7. The molecule has 0 bridgehead atoms. The van der Waals surface area contributed by atoms with Crippen molar-refractivity contribution < 1.29 is 38.2 Å². The summed E-state index contributed by atoms with van der Waals surface area (Å²) in [6.07, 6.45) is 4.70. The maximum Gasteiger partial charge on any atom is 0.271 e. The molecule has 1 atom stereocenters. The van der Waals surface area contributed by atoms with E-state index >= 15 is 0 Å². The average Bonchev–Trinajstić information content (AvgIpc) is 3.63. The highest BCUT2D eigenvalue weighted by Crippen LogP contribution is 2.37. The molecule has 62 heavy (non-hydrogen) atoms. The smallest absolute Gasteiger partial charge is 0.271 e. The third-order valence-electron chi connectivity index (χ3n) is 12.8. The molecule has 5 aliphatic heterocycles. The number of imide groups is 1. The lowest BCUT2D eigenvalue weighted by molar-refractivity contribution is -0.150. The molecule has 4 N–H and O–H groups in total. The van der Waals surface area contributed by atoms with E-state index in [1.165, 1.54) is 11.9 Å². The van der Waals surface area contributed by atoms with Crippen LogP contribution in [-0.4, -0.2) is 150 Å². The van der Waals surface area contributed by atoms with Crippen LogP contribution in [0.1, 0.15) is 77.6 Å². The minimum atomic E-state index is -0.710. The lowest BCUT2D eigenvalue weighted by atomic mass is 10.0. The van der Waals surface area contributed by atoms with E-state index in [-0.39, 0.29) is 67.2 Å². The predicted octanol–water partition coefficient (Wildman–Crippen LogP) is 2.78. The summed E-state index contributed by atoms with van der Waals surface area (Å²) in [5.41, 5.74) is 9.29. The number of primary amides is 1. The van der Waals surface area contributed by atoms with Gasteiger partial charge >= 0.3 is 0 Å². The third-order valence-corrected chi connectivity index (χ3v) is 12.8. The topological polar surface area (TPSA) is 205 Å². The van der Waals surface area contributed by atoms with Crippen LogP contribution >= 0.6 is 0 Å². The highest BCUT2D eigenvalue weighted by Gasteiger charge is 2.42. The summed E-state index contributed by atoms with van der Waals surface area (Å²) in [5.74, 6) is 0.364. The number of methoxy groups -OCH3 is 1. The first-order valence-corrected chi connectivity index (χ1v) is 21.7. The maximum absolute atomic E-state index is 13.4. The van der Waals surface area contributed by atoms with Gasteiger partial charge in [0.15, 0.2) is 23.9 Å². The Morgan fingerprint density at radius 2 is 1.68 bits per heavy atom. The van der Waals surface area contributed by atoms with Crippen molar-refractivity contribution in [1.29, 1.82) is 0 Å². The van der Waals surface area contributed by atoms with Crippen molar-refractivity contribution >= 4 is 52.5 Å². The van der Waals surface area contributed by atoms with Crippen LogP contribution in [0.2, 0.25) is 0 Å². The summed E-state index contributed by atoms with van der Waals surface area (Å²) in [6.45, 7) is 7.74. The van der Waals surface area contributed by atoms with Gasteiger partial charge in [-0.15, -0.1) is 0 Å². The number of anilines is 4. The van der Waals surface area contributed by atoms with Gasteiger partial charge in [0.2, 0.25) is 5.91 Å². The van der Waals surface area contributed by atoms with E-state index in [0.29, 0.717) is 78.6 Å². The van der Waals surface area contributed by atoms with Gasteiger partial charge in [-0.2, -0.15) is 0 Å². The van der Waals surface area contributed by atoms with Gasteiger partial charge < -0.3 is 45.3 Å². The van der Waals surface area contributed by atoms with Crippen molar-refractivity contribution in [2.45, 2.75) is 76.5 Å². The van der Waals surface area contributed by atoms with E-state index in [9.17, 15) is 24.0 Å². The van der Waals surface area contributed by atoms with Crippen molar-refractivity contribution in [2.75, 3.05) is 88.8 Å². The maximum atomic E-state index is 13.4. The summed E-state index contributed by atoms with van der Waals surface area (Å²) in [6, 6.07) is 10.9. The van der Waals surface area contributed by atoms with Crippen LogP contribution in [0.3, 0.4) is 0 Å². The van der Waals surface area contributed by atoms with Crippen molar-refractivity contribution in [1.82, 2.24) is 29.6 Å². The Labute approximate surface area is 361 Å². The largest absolute Gasteiger partial charge is 0.495 e. The van der Waals surface area contributed by atoms with Gasteiger partial charge in [-0.25, -0.2) is 9.97 Å². The number of carbonyl (C=O) groups is 5. The first-order valence-electron chi connectivity index (χ1n) is 21.7. The van der Waals surface area contributed by atoms with E-state index in [4.69, 9.17) is 24.9 Å². The van der Waals surface area contributed by atoms with Gasteiger partial charge in [-0.1, -0.05) is 13.0 Å². The number of amides is 5. The van der Waals surface area contributed by atoms with Crippen molar-refractivity contribution in [3.63, 3.8) is 0 Å². The second kappa shape index (κ2) is 18.5. The van der Waals surface area contributed by atoms with Gasteiger partial charge in [0, 0.05) is 101 Å². The van der Waals surface area contributed by atoms with Crippen LogP contribution in [0.4, 0.5) is 23.0 Å². The highest BCUT2D eigenvalue weighted by atomic mass is 16.5. The minimum absolute atomic E-state index is 0.0776. The number of likely N-dealkylation sites (N-methyl/N-ethyl adjacent to an activating group) is 1. The van der Waals surface area contributed by atoms with E-state index in [0.717, 1.165) is 62.4 Å². The molecule has 0 aliphatic carbocycles. The summed E-state index contributed by atoms with van der Waals surface area (Å²) in [5, 5.41) is 6.78. The predicted molar refractivity (Wildman–Crippen MR) is 230 cm³/mol. The number of piperidine rings is 2. The normalized spacial score (nSPS) is 20.4. The molecular weight excluding hydrogens is 797 g/mol. The molecule has 0 spiro atoms. The molecule has 0 radical (unpaired) electrons. The number of nitrogens with zero attached hydrogens (tertiary/aromatic N) is 7. The Morgan fingerprint density at radius 3 is 2.39 bits per heavy atom. The number of carbonyl (C=O) groups excluding carboxylic acids is 5. The highest BCUT2D eigenvalue weighted by molar-refractivity contribution is 6.05. The number of benzene rings is 2. The number of hydrogen-bond acceptors (Lipinski definition) is 14. The fourth-order valence-electron chi connectivity index (χ4n) is 9.22. The quantitative estimate of drug-likeness (QED) is 0.212. The molecule has 8 rings (SSSR count). The standard InChI is InChI=1S/C44H56N10O8/c1-4-32-41(46-27-14-22-61-23-15-27)49-42(39(48-32)40(45)57)47-28-8-9-33(36(24-28)60-3)52-16-12-29(13-17-52)51-18-20-53(21-19-51)38(56)26-62-35-7-5-6-30-31(35)25-54(43(30)58)34-10-11-37(55)50(2)44(34)59/h5-9,24,27,29,34H,4,10-23,25-26H2,1-3H3,(H2,45,57)(H2,46,47,49). The van der Waals surface area contributed by atoms with Crippen LogP contribution < -0.4 is 30.7 Å². The van der Waals surface area contributed by atoms with Gasteiger partial charge in [0.1, 0.15) is 17.5 Å². The molecule has 1 unspecified atom stereocenters. The average molecular weight is 853 g/mol. The summed E-state index contributed by atoms with van der Waals surface area (Å²) < 4.78 is 17.4. The van der Waals surface area contributed by atoms with Crippen LogP contribution in [0, 0.1) is 0 Å². The fraction of sp³-hybridized carbons (Fsp3) is 0.523. The molecule has 4 fully saturated rings. The zero-order valence-electron chi connectivity index (χ0n) is 35.7. The molecule has 4 saturated heterocycles. The SMILES string of the molecule is CCc1nc(C(N)=O)c(Nc2ccc(N3CCC(N4CCN(C(=O)COc5cccc6c5CN(C5CCC(=O)N(C)C5=O)C6=O)CC4)CC3)c(OC)c2)nc1NC1CCOCC1. The molecule has 6 heterocycles. The molecule has 5 amide bonds. The van der Waals surface area contributed by atoms with Crippen LogP contribution in [0.25, 0.3) is 0 Å². The number of rotatable bonds is 13. The molecule has 1 aromatic heterocycles. The Balaban J connectivity index is 0.827. The summed E-state index contributed by atoms with van der Waals surface area (Å²) >= 11 is 0. The number of piperazine rings is 1. The van der Waals surface area contributed by atoms with Gasteiger partial charge in [0.25, 0.3) is 23.6 Å². The van der Waals surface area contributed by atoms with Crippen LogP contribution in [0.15, 0.2) is 36.4 Å². The molecule has 0 saturated carbocycles. The Bertz CT molecular complexity index is 2200. The molecule has 330 valence electrons. The fourth-order valence-corrected chi connectivity index (χ4v) is 9.22. The number of nitrogens with one attached hydrogen (secondary N) is 2. The van der Waals surface area contributed by atoms with E-state index < -0.39 is 11.9 Å². The second-order valence-electron chi connectivity index (χ2n) is 16.5. The van der Waals surface area contributed by atoms with Gasteiger partial charge in [0.05, 0.1) is 25.0 Å². The zero-order valence-corrected chi connectivity index (χ0v) is 35.7. The molecular formula is C44H56N10O8. The number of nitrogens with two attached hydrogens (primary N) is 1. The monoisotopic (exact) mass is 852 g/mol. The van der Waals surface area contributed by atoms with Gasteiger partial charge in [-0.05, 0) is 62.8 Å². The number of ether oxygens (including phenoxy) is 3. The van der Waals surface area contributed by atoms with E-state index in [1.807, 2.05) is 30.0 Å². The van der Waals surface area contributed by atoms with Gasteiger partial charge in [-0.3, -0.25) is 33.8 Å². The summed E-state index contributed by atoms with van der Waals surface area (Å²) in [7, 11) is 3.09. The van der Waals surface area contributed by atoms with Crippen LogP contribution in [0.5, 0.6) is 11.5 Å². The first-order chi connectivity index (χ1) is 30.0. The van der Waals surface area contributed by atoms with Crippen LogP contribution in [-0.2, 0) is 32.1 Å². The molecule has 3 aromatic rings. The molecule has 2 aromatic carbocycles. The Morgan fingerprint density at radius 1 is 0.919 bits per heavy atom. The van der Waals surface area contributed by atoms with E-state index in [1.54, 1.807) is 25.3 Å². The number of likely N-dealkylation sites (tertiary alicyclic amines) is 1.